The molecule has 0 saturated carbocycles. The van der Waals surface area contributed by atoms with E-state index in [0.717, 1.165) is 10.6 Å². The van der Waals surface area contributed by atoms with Crippen molar-refractivity contribution in [2.75, 3.05) is 7.11 Å². The van der Waals surface area contributed by atoms with Crippen molar-refractivity contribution in [2.45, 2.75) is 13.1 Å². The van der Waals surface area contributed by atoms with E-state index >= 15 is 0 Å². The van der Waals surface area contributed by atoms with Crippen molar-refractivity contribution in [1.29, 1.82) is 5.26 Å². The molecule has 0 aliphatic rings. The number of nitrogens with zero attached hydrogens (tertiary/aromatic N) is 6. The number of methoxy groups -OCH3 is 1. The molecule has 5 aromatic rings. The number of aryl methyl sites for hydroxylation is 1. The Morgan fingerprint density at radius 3 is 2.45 bits per heavy atom. The lowest BCUT2D eigenvalue weighted by atomic mass is 10.0. The van der Waals surface area contributed by atoms with Gasteiger partial charge in [-0.2, -0.15) is 10.4 Å². The molecule has 2 aromatic heterocycles. The van der Waals surface area contributed by atoms with Crippen LogP contribution in [0, 0.1) is 23.0 Å². The zero-order valence-corrected chi connectivity index (χ0v) is 22.5. The third kappa shape index (κ3) is 4.83. The highest BCUT2D eigenvalue weighted by Gasteiger charge is 2.21. The molecule has 0 fully saturated rings. The summed E-state index contributed by atoms with van der Waals surface area (Å²) >= 11 is 12.3. The van der Waals surface area contributed by atoms with Crippen molar-refractivity contribution in [3.05, 3.63) is 108 Å². The Morgan fingerprint density at radius 1 is 1.02 bits per heavy atom. The van der Waals surface area contributed by atoms with Gasteiger partial charge in [0.05, 0.1) is 42.4 Å². The lowest BCUT2D eigenvalue weighted by molar-refractivity contribution is 0.418. The fourth-order valence-corrected chi connectivity index (χ4v) is 4.86. The first kappa shape index (κ1) is 27.1. The largest absolute Gasteiger partial charge is 0.496 e. The van der Waals surface area contributed by atoms with E-state index < -0.39 is 27.9 Å². The number of fused-ring (bicyclic) bond motifs is 1. The van der Waals surface area contributed by atoms with Crippen molar-refractivity contribution in [1.82, 2.24) is 23.9 Å². The van der Waals surface area contributed by atoms with Gasteiger partial charge < -0.3 is 4.74 Å². The van der Waals surface area contributed by atoms with Gasteiger partial charge in [0.15, 0.2) is 17.5 Å². The maximum absolute atomic E-state index is 14.2. The smallest absolute Gasteiger partial charge is 0.332 e. The Labute approximate surface area is 235 Å². The van der Waals surface area contributed by atoms with E-state index in [-0.39, 0.29) is 41.1 Å². The van der Waals surface area contributed by atoms with E-state index in [9.17, 15) is 23.6 Å². The molecule has 3 aromatic carbocycles. The fourth-order valence-electron chi connectivity index (χ4n) is 4.40. The van der Waals surface area contributed by atoms with Crippen LogP contribution < -0.4 is 16.0 Å². The van der Waals surface area contributed by atoms with Crippen LogP contribution in [0.5, 0.6) is 5.75 Å². The Kier molecular flexibility index (Phi) is 7.14. The van der Waals surface area contributed by atoms with Crippen LogP contribution in [0.4, 0.5) is 8.78 Å². The van der Waals surface area contributed by atoms with Crippen LogP contribution in [0.15, 0.2) is 58.4 Å². The molecule has 0 spiro atoms. The molecule has 0 atom stereocenters. The second-order valence-corrected chi connectivity index (χ2v) is 9.66. The second-order valence-electron chi connectivity index (χ2n) is 8.85. The third-order valence-electron chi connectivity index (χ3n) is 6.25. The minimum Gasteiger partial charge on any atom is -0.496 e. The van der Waals surface area contributed by atoms with Crippen LogP contribution in [-0.2, 0) is 20.1 Å². The van der Waals surface area contributed by atoms with Gasteiger partial charge in [-0.1, -0.05) is 23.2 Å². The summed E-state index contributed by atoms with van der Waals surface area (Å²) in [6.07, 6.45) is 1.43. The van der Waals surface area contributed by atoms with Crippen LogP contribution in [0.2, 0.25) is 10.0 Å². The summed E-state index contributed by atoms with van der Waals surface area (Å²) in [4.78, 5) is 31.6. The number of halogens is 4. The highest BCUT2D eigenvalue weighted by molar-refractivity contribution is 6.33. The van der Waals surface area contributed by atoms with Crippen molar-refractivity contribution in [2.24, 2.45) is 7.05 Å². The lowest BCUT2D eigenvalue weighted by Gasteiger charge is -2.17. The molecule has 0 saturated heterocycles. The maximum Gasteiger partial charge on any atom is 0.332 e. The summed E-state index contributed by atoms with van der Waals surface area (Å²) in [6.45, 7) is -0.533. The van der Waals surface area contributed by atoms with Gasteiger partial charge in [-0.05, 0) is 53.6 Å². The molecule has 0 bridgehead atoms. The molecule has 5 rings (SSSR count). The van der Waals surface area contributed by atoms with Gasteiger partial charge in [0, 0.05) is 17.6 Å². The lowest BCUT2D eigenvalue weighted by Crippen LogP contribution is -2.41. The molecule has 40 heavy (non-hydrogen) atoms. The highest BCUT2D eigenvalue weighted by Crippen LogP contribution is 2.35. The molecule has 0 radical (unpaired) electrons. The van der Waals surface area contributed by atoms with Crippen LogP contribution in [0.3, 0.4) is 0 Å². The van der Waals surface area contributed by atoms with Crippen molar-refractivity contribution in [3.63, 3.8) is 0 Å². The van der Waals surface area contributed by atoms with Gasteiger partial charge in [0.2, 0.25) is 0 Å². The van der Waals surface area contributed by atoms with Crippen LogP contribution in [-0.4, -0.2) is 31.0 Å². The molecule has 0 aliphatic carbocycles. The zero-order chi connectivity index (χ0) is 28.7. The number of nitriles is 1. The summed E-state index contributed by atoms with van der Waals surface area (Å²) in [7, 11) is 3.00. The van der Waals surface area contributed by atoms with Gasteiger partial charge >= 0.3 is 5.69 Å². The average Bonchev–Trinajstić information content (AvgIpc) is 3.35. The van der Waals surface area contributed by atoms with Crippen LogP contribution >= 0.6 is 23.2 Å². The predicted molar refractivity (Wildman–Crippen MR) is 145 cm³/mol. The Morgan fingerprint density at radius 2 is 1.80 bits per heavy atom. The monoisotopic (exact) mass is 582 g/mol. The van der Waals surface area contributed by atoms with Crippen molar-refractivity contribution in [3.8, 4) is 22.9 Å². The van der Waals surface area contributed by atoms with E-state index in [1.807, 2.05) is 6.07 Å². The molecule has 0 aliphatic heterocycles. The van der Waals surface area contributed by atoms with Crippen LogP contribution in [0.1, 0.15) is 17.0 Å². The average molecular weight is 583 g/mol. The summed E-state index contributed by atoms with van der Waals surface area (Å²) in [5, 5.41) is 13.4. The summed E-state index contributed by atoms with van der Waals surface area (Å²) in [6, 6.07) is 12.0. The first-order valence-electron chi connectivity index (χ1n) is 11.6. The normalized spacial score (nSPS) is 11.1. The van der Waals surface area contributed by atoms with Gasteiger partial charge in [0.25, 0.3) is 5.56 Å². The molecule has 0 unspecified atom stereocenters. The number of rotatable bonds is 6. The van der Waals surface area contributed by atoms with Gasteiger partial charge in [-0.15, -0.1) is 0 Å². The molecular formula is C27H18Cl2F2N6O3. The molecule has 202 valence electrons. The molecule has 0 N–H and O–H groups in total. The standard InChI is InChI=1S/C27H18Cl2F2N6O3/c1-35-13-33-23(34-35)12-37-26(38)24-21(36(27(37)39)11-15-6-19(29)25(31)20(30)7-15)8-16(9-22(24)40-2)17-5-14(10-32)3-4-18(17)28/h3-9,13H,11-12H2,1-2H3. The van der Waals surface area contributed by atoms with Gasteiger partial charge in [-0.25, -0.2) is 18.6 Å². The van der Waals surface area contributed by atoms with E-state index in [1.165, 1.54) is 28.8 Å². The maximum atomic E-state index is 14.2. The summed E-state index contributed by atoms with van der Waals surface area (Å²) in [5.74, 6) is -2.08. The Hall–Kier alpha value is -4.53. The van der Waals surface area contributed by atoms with Gasteiger partial charge in [0.1, 0.15) is 17.5 Å². The van der Waals surface area contributed by atoms with E-state index in [4.69, 9.17) is 27.9 Å². The summed E-state index contributed by atoms with van der Waals surface area (Å²) in [5.41, 5.74) is 0.111. The number of hydrogen-bond acceptors (Lipinski definition) is 6. The SMILES string of the molecule is COc1cc(-c2cc(C#N)ccc2Cl)cc2c1c(=O)n(Cc1ncn(C)n1)c(=O)n2Cc1cc(F)c(F)c(Cl)c1. The molecule has 0 amide bonds. The minimum absolute atomic E-state index is 0.0445. The molecule has 13 heteroatoms. The third-order valence-corrected chi connectivity index (χ3v) is 6.85. The topological polar surface area (TPSA) is 108 Å². The summed E-state index contributed by atoms with van der Waals surface area (Å²) < 4.78 is 37.3. The predicted octanol–water partition coefficient (Wildman–Crippen LogP) is 4.52. The quantitative estimate of drug-likeness (QED) is 0.272. The van der Waals surface area contributed by atoms with E-state index in [0.29, 0.717) is 21.7 Å². The van der Waals surface area contributed by atoms with E-state index in [1.54, 1.807) is 37.4 Å². The van der Waals surface area contributed by atoms with Gasteiger partial charge in [-0.3, -0.25) is 18.6 Å². The number of ether oxygens (including phenoxy) is 1. The van der Waals surface area contributed by atoms with Crippen molar-refractivity contribution >= 4 is 34.1 Å². The number of benzene rings is 3. The second kappa shape index (κ2) is 10.6. The zero-order valence-electron chi connectivity index (χ0n) is 21.0. The Balaban J connectivity index is 1.84. The fraction of sp³-hybridized carbons (Fsp3) is 0.148. The molecular weight excluding hydrogens is 565 g/mol. The first-order valence-corrected chi connectivity index (χ1v) is 12.4. The minimum atomic E-state index is -1.22. The van der Waals surface area contributed by atoms with Crippen molar-refractivity contribution < 1.29 is 13.5 Å². The van der Waals surface area contributed by atoms with Crippen LogP contribution in [0.25, 0.3) is 22.0 Å². The van der Waals surface area contributed by atoms with E-state index in [2.05, 4.69) is 10.1 Å². The Bertz CT molecular complexity index is 1950. The highest BCUT2D eigenvalue weighted by atomic mass is 35.5. The number of aromatic nitrogens is 5. The number of hydrogen-bond donors (Lipinski definition) is 0. The molecule has 2 heterocycles. The first-order chi connectivity index (χ1) is 19.1. The molecule has 9 nitrogen and oxygen atoms in total.